The number of carbonyl (C=O) groups is 1. The molecule has 0 amide bonds. The molecule has 3 heteroatoms. The molecule has 0 aromatic heterocycles. The number of rotatable bonds is 4. The van der Waals surface area contributed by atoms with Crippen molar-refractivity contribution in [2.24, 2.45) is 0 Å². The van der Waals surface area contributed by atoms with Crippen LogP contribution in [0.3, 0.4) is 0 Å². The highest BCUT2D eigenvalue weighted by molar-refractivity contribution is 5.81. The van der Waals surface area contributed by atoms with Crippen molar-refractivity contribution in [3.05, 3.63) is 64.7 Å². The molecule has 0 bridgehead atoms. The summed E-state index contributed by atoms with van der Waals surface area (Å²) in [5, 5.41) is 3.26. The fourth-order valence-corrected chi connectivity index (χ4v) is 2.38. The van der Waals surface area contributed by atoms with Gasteiger partial charge in [0.1, 0.15) is 0 Å². The van der Waals surface area contributed by atoms with E-state index in [1.54, 1.807) is 0 Å². The van der Waals surface area contributed by atoms with Crippen LogP contribution in [-0.2, 0) is 9.53 Å². The molecule has 0 aliphatic heterocycles. The van der Waals surface area contributed by atoms with Gasteiger partial charge in [0, 0.05) is 5.69 Å². The molecule has 0 radical (unpaired) electrons. The van der Waals surface area contributed by atoms with Gasteiger partial charge >= 0.3 is 5.97 Å². The van der Waals surface area contributed by atoms with Crippen molar-refractivity contribution in [1.82, 2.24) is 0 Å². The fourth-order valence-electron chi connectivity index (χ4n) is 2.38. The van der Waals surface area contributed by atoms with Gasteiger partial charge in [0.15, 0.2) is 6.04 Å². The van der Waals surface area contributed by atoms with Gasteiger partial charge in [-0.25, -0.2) is 4.79 Å². The standard InChI is InChI=1S/C18H21NO2/c1-12-10-14(3)16(11-13(12)2)17(18(20)21-4)19-15-8-6-5-7-9-15/h5-11,17,19H,1-4H3. The molecule has 21 heavy (non-hydrogen) atoms. The van der Waals surface area contributed by atoms with Crippen molar-refractivity contribution in [3.8, 4) is 0 Å². The van der Waals surface area contributed by atoms with E-state index in [0.29, 0.717) is 0 Å². The van der Waals surface area contributed by atoms with Crippen molar-refractivity contribution in [1.29, 1.82) is 0 Å². The molecule has 110 valence electrons. The molecule has 2 aromatic carbocycles. The van der Waals surface area contributed by atoms with Crippen LogP contribution in [0.2, 0.25) is 0 Å². The summed E-state index contributed by atoms with van der Waals surface area (Å²) >= 11 is 0. The molecule has 0 saturated carbocycles. The van der Waals surface area contributed by atoms with Crippen molar-refractivity contribution >= 4 is 11.7 Å². The highest BCUT2D eigenvalue weighted by Gasteiger charge is 2.23. The maximum absolute atomic E-state index is 12.2. The zero-order chi connectivity index (χ0) is 15.4. The van der Waals surface area contributed by atoms with Crippen LogP contribution < -0.4 is 5.32 Å². The number of ether oxygens (including phenoxy) is 1. The molecule has 1 N–H and O–H groups in total. The first-order chi connectivity index (χ1) is 10.0. The summed E-state index contributed by atoms with van der Waals surface area (Å²) in [6.45, 7) is 6.14. The van der Waals surface area contributed by atoms with Gasteiger partial charge in [0.25, 0.3) is 0 Å². The van der Waals surface area contributed by atoms with Crippen molar-refractivity contribution in [2.45, 2.75) is 26.8 Å². The Hall–Kier alpha value is -2.29. The summed E-state index contributed by atoms with van der Waals surface area (Å²) in [4.78, 5) is 12.2. The Morgan fingerprint density at radius 3 is 2.24 bits per heavy atom. The molecule has 0 fully saturated rings. The highest BCUT2D eigenvalue weighted by Crippen LogP contribution is 2.26. The number of aryl methyl sites for hydroxylation is 3. The van der Waals surface area contributed by atoms with Gasteiger partial charge in [-0.15, -0.1) is 0 Å². The normalized spacial score (nSPS) is 11.8. The first-order valence-electron chi connectivity index (χ1n) is 7.00. The lowest BCUT2D eigenvalue weighted by atomic mass is 9.95. The molecule has 1 atom stereocenters. The first kappa shape index (κ1) is 15.1. The van der Waals surface area contributed by atoms with Gasteiger partial charge in [0.2, 0.25) is 0 Å². The predicted molar refractivity (Wildman–Crippen MR) is 85.5 cm³/mol. The minimum absolute atomic E-state index is 0.287. The number of anilines is 1. The fraction of sp³-hybridized carbons (Fsp3) is 0.278. The summed E-state index contributed by atoms with van der Waals surface area (Å²) in [7, 11) is 1.42. The molecule has 1 unspecified atom stereocenters. The third-order valence-corrected chi connectivity index (χ3v) is 3.72. The molecule has 2 aromatic rings. The van der Waals surface area contributed by atoms with E-state index in [4.69, 9.17) is 4.74 Å². The van der Waals surface area contributed by atoms with Gasteiger partial charge in [-0.3, -0.25) is 0 Å². The SMILES string of the molecule is COC(=O)C(Nc1ccccc1)c1cc(C)c(C)cc1C. The van der Waals surface area contributed by atoms with Gasteiger partial charge in [0.05, 0.1) is 7.11 Å². The van der Waals surface area contributed by atoms with Crippen LogP contribution in [0.5, 0.6) is 0 Å². The minimum Gasteiger partial charge on any atom is -0.467 e. The highest BCUT2D eigenvalue weighted by atomic mass is 16.5. The van der Waals surface area contributed by atoms with Crippen LogP contribution in [0.15, 0.2) is 42.5 Å². The third kappa shape index (κ3) is 3.43. The topological polar surface area (TPSA) is 38.3 Å². The van der Waals surface area contributed by atoms with Gasteiger partial charge in [-0.2, -0.15) is 0 Å². The summed E-state index contributed by atoms with van der Waals surface area (Å²) in [6, 6.07) is 13.3. The lowest BCUT2D eigenvalue weighted by Gasteiger charge is -2.21. The van der Waals surface area contributed by atoms with E-state index < -0.39 is 6.04 Å². The summed E-state index contributed by atoms with van der Waals surface area (Å²) in [5.41, 5.74) is 5.32. The maximum atomic E-state index is 12.2. The van der Waals surface area contributed by atoms with Crippen LogP contribution in [-0.4, -0.2) is 13.1 Å². The van der Waals surface area contributed by atoms with E-state index in [1.807, 2.05) is 37.3 Å². The lowest BCUT2D eigenvalue weighted by Crippen LogP contribution is -2.23. The Morgan fingerprint density at radius 2 is 1.62 bits per heavy atom. The zero-order valence-electron chi connectivity index (χ0n) is 12.9. The van der Waals surface area contributed by atoms with Crippen LogP contribution in [0.1, 0.15) is 28.3 Å². The Kier molecular flexibility index (Phi) is 4.63. The number of para-hydroxylation sites is 1. The molecule has 0 heterocycles. The number of hydrogen-bond donors (Lipinski definition) is 1. The monoisotopic (exact) mass is 283 g/mol. The van der Waals surface area contributed by atoms with E-state index >= 15 is 0 Å². The lowest BCUT2D eigenvalue weighted by molar-refractivity contribution is -0.141. The average Bonchev–Trinajstić information content (AvgIpc) is 2.49. The van der Waals surface area contributed by atoms with E-state index in [2.05, 4.69) is 31.3 Å². The van der Waals surface area contributed by atoms with Crippen LogP contribution >= 0.6 is 0 Å². The first-order valence-corrected chi connectivity index (χ1v) is 7.00. The third-order valence-electron chi connectivity index (χ3n) is 3.72. The Morgan fingerprint density at radius 1 is 1.00 bits per heavy atom. The Balaban J connectivity index is 2.41. The number of benzene rings is 2. The predicted octanol–water partition coefficient (Wildman–Crippen LogP) is 3.94. The average molecular weight is 283 g/mol. The van der Waals surface area contributed by atoms with Gasteiger partial charge in [-0.1, -0.05) is 30.3 Å². The quantitative estimate of drug-likeness (QED) is 0.864. The van der Waals surface area contributed by atoms with E-state index in [0.717, 1.165) is 16.8 Å². The number of methoxy groups -OCH3 is 1. The second-order valence-electron chi connectivity index (χ2n) is 5.26. The Labute approximate surface area is 126 Å². The number of carbonyl (C=O) groups excluding carboxylic acids is 1. The van der Waals surface area contributed by atoms with Crippen molar-refractivity contribution in [3.63, 3.8) is 0 Å². The smallest absolute Gasteiger partial charge is 0.332 e. The molecule has 0 aliphatic rings. The van der Waals surface area contributed by atoms with Crippen molar-refractivity contribution in [2.75, 3.05) is 12.4 Å². The summed E-state index contributed by atoms with van der Waals surface area (Å²) in [5.74, 6) is -0.287. The largest absolute Gasteiger partial charge is 0.467 e. The molecule has 0 saturated heterocycles. The van der Waals surface area contributed by atoms with Crippen LogP contribution in [0.25, 0.3) is 0 Å². The molecule has 0 spiro atoms. The van der Waals surface area contributed by atoms with Crippen LogP contribution in [0, 0.1) is 20.8 Å². The number of nitrogens with one attached hydrogen (secondary N) is 1. The second kappa shape index (κ2) is 6.44. The molecule has 0 aliphatic carbocycles. The maximum Gasteiger partial charge on any atom is 0.332 e. The second-order valence-corrected chi connectivity index (χ2v) is 5.26. The Bertz CT molecular complexity index is 635. The molecular formula is C18H21NO2. The van der Waals surface area contributed by atoms with E-state index in [-0.39, 0.29) is 5.97 Å². The van der Waals surface area contributed by atoms with Crippen LogP contribution in [0.4, 0.5) is 5.69 Å². The van der Waals surface area contributed by atoms with Gasteiger partial charge < -0.3 is 10.1 Å². The molecule has 3 nitrogen and oxygen atoms in total. The van der Waals surface area contributed by atoms with Gasteiger partial charge in [-0.05, 0) is 55.2 Å². The number of esters is 1. The van der Waals surface area contributed by atoms with Crippen molar-refractivity contribution < 1.29 is 9.53 Å². The zero-order valence-corrected chi connectivity index (χ0v) is 12.9. The molecular weight excluding hydrogens is 262 g/mol. The van der Waals surface area contributed by atoms with E-state index in [1.165, 1.54) is 18.2 Å². The number of hydrogen-bond acceptors (Lipinski definition) is 3. The summed E-state index contributed by atoms with van der Waals surface area (Å²) < 4.78 is 4.96. The minimum atomic E-state index is -0.503. The summed E-state index contributed by atoms with van der Waals surface area (Å²) in [6.07, 6.45) is 0. The van der Waals surface area contributed by atoms with E-state index in [9.17, 15) is 4.79 Å². The molecule has 2 rings (SSSR count).